The summed E-state index contributed by atoms with van der Waals surface area (Å²) in [4.78, 5) is 24.8. The molecule has 1 aromatic heterocycles. The van der Waals surface area contributed by atoms with Crippen LogP contribution in [0.1, 0.15) is 51.8 Å². The van der Waals surface area contributed by atoms with E-state index in [0.717, 1.165) is 11.1 Å². The van der Waals surface area contributed by atoms with E-state index in [1.165, 1.54) is 18.4 Å². The first-order valence-corrected chi connectivity index (χ1v) is 7.05. The Labute approximate surface area is 129 Å². The summed E-state index contributed by atoms with van der Waals surface area (Å²) in [5.74, 6) is -0.579. The lowest BCUT2D eigenvalue weighted by atomic mass is 10.0. The van der Waals surface area contributed by atoms with Gasteiger partial charge in [-0.15, -0.1) is 0 Å². The van der Waals surface area contributed by atoms with E-state index in [9.17, 15) is 9.59 Å². The average Bonchev–Trinajstić information content (AvgIpc) is 2.96. The van der Waals surface area contributed by atoms with E-state index in [4.69, 9.17) is 9.52 Å². The Morgan fingerprint density at radius 2 is 1.82 bits per heavy atom. The maximum atomic E-state index is 12.4. The zero-order chi connectivity index (χ0) is 16.3. The van der Waals surface area contributed by atoms with Crippen molar-refractivity contribution in [3.63, 3.8) is 0 Å². The first-order valence-electron chi connectivity index (χ1n) is 7.05. The summed E-state index contributed by atoms with van der Waals surface area (Å²) in [6, 6.07) is 8.29. The topological polar surface area (TPSA) is 70.8 Å². The largest absolute Gasteiger partial charge is 0.478 e. The molecule has 1 heterocycles. The highest BCUT2D eigenvalue weighted by atomic mass is 16.4. The first-order chi connectivity index (χ1) is 10.4. The molecular weight excluding hydrogens is 282 g/mol. The van der Waals surface area contributed by atoms with Gasteiger partial charge >= 0.3 is 5.97 Å². The zero-order valence-corrected chi connectivity index (χ0v) is 12.9. The Morgan fingerprint density at radius 3 is 2.36 bits per heavy atom. The molecule has 5 heteroatoms. The van der Waals surface area contributed by atoms with Gasteiger partial charge in [0.15, 0.2) is 5.76 Å². The van der Waals surface area contributed by atoms with Crippen LogP contribution in [0.5, 0.6) is 0 Å². The lowest BCUT2D eigenvalue weighted by molar-refractivity contribution is 0.0695. The number of carbonyl (C=O) groups excluding carboxylic acids is 1. The van der Waals surface area contributed by atoms with Gasteiger partial charge in [0.25, 0.3) is 5.91 Å². The van der Waals surface area contributed by atoms with E-state index in [0.29, 0.717) is 12.3 Å². The van der Waals surface area contributed by atoms with Crippen molar-refractivity contribution in [1.29, 1.82) is 0 Å². The minimum Gasteiger partial charge on any atom is -0.478 e. The number of aromatic carboxylic acids is 1. The van der Waals surface area contributed by atoms with E-state index in [1.54, 1.807) is 24.1 Å². The summed E-state index contributed by atoms with van der Waals surface area (Å²) < 4.78 is 5.33. The van der Waals surface area contributed by atoms with Gasteiger partial charge in [-0.1, -0.05) is 26.0 Å². The number of hydrogen-bond donors (Lipinski definition) is 1. The highest BCUT2D eigenvalue weighted by molar-refractivity contribution is 5.93. The van der Waals surface area contributed by atoms with Crippen molar-refractivity contribution >= 4 is 11.9 Å². The number of nitrogens with zero attached hydrogens (tertiary/aromatic N) is 1. The molecule has 5 nitrogen and oxygen atoms in total. The Hall–Kier alpha value is -2.56. The second kappa shape index (κ2) is 6.47. The van der Waals surface area contributed by atoms with E-state index < -0.39 is 5.97 Å². The van der Waals surface area contributed by atoms with Crippen LogP contribution in [0, 0.1) is 0 Å². The summed E-state index contributed by atoms with van der Waals surface area (Å²) in [5, 5.41) is 8.88. The van der Waals surface area contributed by atoms with Gasteiger partial charge in [0, 0.05) is 19.2 Å². The van der Waals surface area contributed by atoms with Crippen LogP contribution in [-0.2, 0) is 6.54 Å². The standard InChI is InChI=1S/C17H19NO4/c1-11(2)14-8-9-22-15(14)16(19)18(3)10-12-4-6-13(7-5-12)17(20)21/h4-9,11H,10H2,1-3H3,(H,20,21). The highest BCUT2D eigenvalue weighted by Gasteiger charge is 2.21. The predicted molar refractivity (Wildman–Crippen MR) is 82.0 cm³/mol. The number of carboxylic acid groups (broad SMARTS) is 1. The molecule has 0 unspecified atom stereocenters. The molecule has 0 aliphatic heterocycles. The molecule has 1 aromatic carbocycles. The van der Waals surface area contributed by atoms with Crippen LogP contribution in [0.3, 0.4) is 0 Å². The van der Waals surface area contributed by atoms with Gasteiger partial charge in [-0.25, -0.2) is 4.79 Å². The summed E-state index contributed by atoms with van der Waals surface area (Å²) in [5.41, 5.74) is 1.97. The third-order valence-electron chi connectivity index (χ3n) is 3.48. The van der Waals surface area contributed by atoms with Gasteiger partial charge in [-0.05, 0) is 29.7 Å². The Bertz CT molecular complexity index is 670. The van der Waals surface area contributed by atoms with Crippen molar-refractivity contribution in [3.8, 4) is 0 Å². The molecule has 2 aromatic rings. The molecule has 1 amide bonds. The van der Waals surface area contributed by atoms with E-state index in [1.807, 2.05) is 19.9 Å². The van der Waals surface area contributed by atoms with Crippen LogP contribution < -0.4 is 0 Å². The maximum Gasteiger partial charge on any atom is 0.335 e. The Morgan fingerprint density at radius 1 is 1.18 bits per heavy atom. The van der Waals surface area contributed by atoms with Crippen molar-refractivity contribution in [3.05, 3.63) is 59.0 Å². The van der Waals surface area contributed by atoms with Crippen LogP contribution in [-0.4, -0.2) is 28.9 Å². The van der Waals surface area contributed by atoms with E-state index in [2.05, 4.69) is 0 Å². The molecule has 2 rings (SSSR count). The number of furan rings is 1. The molecule has 0 bridgehead atoms. The SMILES string of the molecule is CC(C)c1ccoc1C(=O)N(C)Cc1ccc(C(=O)O)cc1. The van der Waals surface area contributed by atoms with Gasteiger partial charge in [-0.3, -0.25) is 4.79 Å². The van der Waals surface area contributed by atoms with Gasteiger partial charge in [0.1, 0.15) is 0 Å². The molecule has 0 aliphatic carbocycles. The van der Waals surface area contributed by atoms with E-state index >= 15 is 0 Å². The number of amides is 1. The third-order valence-corrected chi connectivity index (χ3v) is 3.48. The third kappa shape index (κ3) is 3.36. The highest BCUT2D eigenvalue weighted by Crippen LogP contribution is 2.22. The van der Waals surface area contributed by atoms with Crippen molar-refractivity contribution in [2.75, 3.05) is 7.05 Å². The fourth-order valence-electron chi connectivity index (χ4n) is 2.22. The fourth-order valence-corrected chi connectivity index (χ4v) is 2.22. The number of hydrogen-bond acceptors (Lipinski definition) is 3. The van der Waals surface area contributed by atoms with Crippen molar-refractivity contribution < 1.29 is 19.1 Å². The fraction of sp³-hybridized carbons (Fsp3) is 0.294. The molecule has 0 saturated heterocycles. The monoisotopic (exact) mass is 301 g/mol. The summed E-state index contributed by atoms with van der Waals surface area (Å²) in [6.45, 7) is 4.40. The smallest absolute Gasteiger partial charge is 0.335 e. The normalized spacial score (nSPS) is 10.7. The lowest BCUT2D eigenvalue weighted by Gasteiger charge is -2.17. The summed E-state index contributed by atoms with van der Waals surface area (Å²) in [7, 11) is 1.69. The van der Waals surface area contributed by atoms with Crippen molar-refractivity contribution in [2.24, 2.45) is 0 Å². The maximum absolute atomic E-state index is 12.4. The quantitative estimate of drug-likeness (QED) is 0.919. The van der Waals surface area contributed by atoms with Crippen molar-refractivity contribution in [1.82, 2.24) is 4.90 Å². The Kier molecular flexibility index (Phi) is 4.65. The minimum absolute atomic E-state index is 0.184. The summed E-state index contributed by atoms with van der Waals surface area (Å²) >= 11 is 0. The van der Waals surface area contributed by atoms with Crippen LogP contribution >= 0.6 is 0 Å². The Balaban J connectivity index is 2.11. The van der Waals surface area contributed by atoms with Crippen LogP contribution in [0.15, 0.2) is 41.0 Å². The minimum atomic E-state index is -0.965. The van der Waals surface area contributed by atoms with Gasteiger partial charge in [0.05, 0.1) is 11.8 Å². The second-order valence-corrected chi connectivity index (χ2v) is 5.52. The van der Waals surface area contributed by atoms with Gasteiger partial charge in [-0.2, -0.15) is 0 Å². The molecular formula is C17H19NO4. The molecule has 22 heavy (non-hydrogen) atoms. The van der Waals surface area contributed by atoms with E-state index in [-0.39, 0.29) is 17.4 Å². The van der Waals surface area contributed by atoms with Crippen LogP contribution in [0.2, 0.25) is 0 Å². The van der Waals surface area contributed by atoms with Crippen molar-refractivity contribution in [2.45, 2.75) is 26.3 Å². The van der Waals surface area contributed by atoms with Crippen LogP contribution in [0.25, 0.3) is 0 Å². The first kappa shape index (κ1) is 15.8. The summed E-state index contributed by atoms with van der Waals surface area (Å²) in [6.07, 6.45) is 1.53. The molecule has 0 aliphatic rings. The molecule has 0 atom stereocenters. The molecule has 0 saturated carbocycles. The molecule has 0 fully saturated rings. The van der Waals surface area contributed by atoms with Crippen LogP contribution in [0.4, 0.5) is 0 Å². The second-order valence-electron chi connectivity index (χ2n) is 5.52. The number of carbonyl (C=O) groups is 2. The predicted octanol–water partition coefficient (Wildman–Crippen LogP) is 3.37. The molecule has 0 radical (unpaired) electrons. The lowest BCUT2D eigenvalue weighted by Crippen LogP contribution is -2.26. The number of rotatable bonds is 5. The zero-order valence-electron chi connectivity index (χ0n) is 12.9. The van der Waals surface area contributed by atoms with Gasteiger partial charge < -0.3 is 14.4 Å². The molecule has 1 N–H and O–H groups in total. The number of benzene rings is 1. The number of carboxylic acids is 1. The molecule has 0 spiro atoms. The van der Waals surface area contributed by atoms with Gasteiger partial charge in [0.2, 0.25) is 0 Å². The molecule has 116 valence electrons. The average molecular weight is 301 g/mol.